The first kappa shape index (κ1) is 15.8. The molecule has 2 rings (SSSR count). The lowest BCUT2D eigenvalue weighted by molar-refractivity contribution is -0.00685. The van der Waals surface area contributed by atoms with Crippen molar-refractivity contribution >= 4 is 13.4 Å². The molecule has 1 aromatic heterocycles. The predicted molar refractivity (Wildman–Crippen MR) is 68.9 cm³/mol. The van der Waals surface area contributed by atoms with Gasteiger partial charge < -0.3 is 25.4 Å². The molecule has 9 nitrogen and oxygen atoms in total. The van der Waals surface area contributed by atoms with E-state index in [1.807, 2.05) is 0 Å². The van der Waals surface area contributed by atoms with Crippen molar-refractivity contribution in [2.24, 2.45) is 0 Å². The largest absolute Gasteiger partial charge is 0.387 e. The molecule has 21 heavy (non-hydrogen) atoms. The lowest BCUT2D eigenvalue weighted by Gasteiger charge is -2.15. The van der Waals surface area contributed by atoms with Crippen molar-refractivity contribution in [3.63, 3.8) is 0 Å². The Labute approximate surface area is 117 Å². The number of aliphatic hydroxyl groups excluding tert-OH is 1. The minimum atomic E-state index is -4.46. The van der Waals surface area contributed by atoms with Crippen molar-refractivity contribution in [3.05, 3.63) is 34.6 Å². The van der Waals surface area contributed by atoms with Crippen molar-refractivity contribution in [2.75, 3.05) is 5.73 Å². The monoisotopic (exact) mass is 321 g/mol. The highest BCUT2D eigenvalue weighted by molar-refractivity contribution is 7.55. The van der Waals surface area contributed by atoms with Gasteiger partial charge in [-0.15, -0.1) is 0 Å². The number of anilines is 1. The summed E-state index contributed by atoms with van der Waals surface area (Å²) in [6, 6.07) is 1.25. The molecule has 0 saturated carbocycles. The Bertz CT molecular complexity index is 658. The van der Waals surface area contributed by atoms with E-state index in [2.05, 4.69) is 4.98 Å². The van der Waals surface area contributed by atoms with Crippen molar-refractivity contribution < 1.29 is 28.6 Å². The van der Waals surface area contributed by atoms with Crippen molar-refractivity contribution in [2.45, 2.75) is 24.6 Å². The van der Waals surface area contributed by atoms with Gasteiger partial charge in [0.25, 0.3) is 0 Å². The summed E-state index contributed by atoms with van der Waals surface area (Å²) < 4.78 is 30.6. The lowest BCUT2D eigenvalue weighted by atomic mass is 10.1. The number of aliphatic hydroxyl groups is 1. The van der Waals surface area contributed by atoms with Crippen LogP contribution < -0.4 is 11.4 Å². The molecular weight excluding hydrogens is 308 g/mol. The van der Waals surface area contributed by atoms with E-state index in [1.165, 1.54) is 6.07 Å². The van der Waals surface area contributed by atoms with E-state index in [9.17, 15) is 18.9 Å². The van der Waals surface area contributed by atoms with E-state index in [0.29, 0.717) is 5.82 Å². The van der Waals surface area contributed by atoms with E-state index in [4.69, 9.17) is 20.3 Å². The standard InChI is InChI=1S/C10H13FN3O6P/c11-7-8(15)5(2-4-21(17,18)19)20-9(7)14-3-1-6(12)13-10(14)16/h1-5,7-9,15H,(H2,12,13,16)(H2,17,18,19)/b4-2+/t5-,7-,8-,9-/m1/s1. The second-order valence-electron chi connectivity index (χ2n) is 4.40. The molecule has 5 N–H and O–H groups in total. The first-order valence-corrected chi connectivity index (χ1v) is 7.44. The number of nitrogens with two attached hydrogens (primary N) is 1. The van der Waals surface area contributed by atoms with E-state index >= 15 is 0 Å². The molecule has 1 aliphatic rings. The van der Waals surface area contributed by atoms with Gasteiger partial charge in [-0.25, -0.2) is 9.18 Å². The Morgan fingerprint density at radius 3 is 2.76 bits per heavy atom. The molecule has 0 spiro atoms. The molecule has 0 unspecified atom stereocenters. The van der Waals surface area contributed by atoms with Crippen LogP contribution in [0.5, 0.6) is 0 Å². The number of hydrogen-bond acceptors (Lipinski definition) is 6. The topological polar surface area (TPSA) is 148 Å². The van der Waals surface area contributed by atoms with Crippen LogP contribution >= 0.6 is 7.60 Å². The fourth-order valence-corrected chi connectivity index (χ4v) is 2.25. The quantitative estimate of drug-likeness (QED) is 0.524. The maximum Gasteiger partial charge on any atom is 0.351 e. The predicted octanol–water partition coefficient (Wildman–Crippen LogP) is -0.887. The van der Waals surface area contributed by atoms with E-state index < -0.39 is 37.9 Å². The van der Waals surface area contributed by atoms with Crippen LogP contribution in [0.2, 0.25) is 0 Å². The van der Waals surface area contributed by atoms with Gasteiger partial charge >= 0.3 is 13.3 Å². The van der Waals surface area contributed by atoms with Crippen molar-refractivity contribution in [1.82, 2.24) is 9.55 Å². The molecule has 0 aromatic carbocycles. The second kappa shape index (κ2) is 5.66. The smallest absolute Gasteiger partial charge is 0.351 e. The van der Waals surface area contributed by atoms with Crippen LogP contribution in [0.25, 0.3) is 0 Å². The van der Waals surface area contributed by atoms with Crippen LogP contribution in [-0.2, 0) is 9.30 Å². The Balaban J connectivity index is 2.26. The molecule has 1 fully saturated rings. The summed E-state index contributed by atoms with van der Waals surface area (Å²) in [6.07, 6.45) is -4.41. The number of halogens is 1. The number of ether oxygens (including phenoxy) is 1. The Hall–Kier alpha value is -1.58. The average molecular weight is 321 g/mol. The van der Waals surface area contributed by atoms with Crippen molar-refractivity contribution in [3.8, 4) is 0 Å². The molecule has 2 heterocycles. The van der Waals surface area contributed by atoms with Crippen molar-refractivity contribution in [1.29, 1.82) is 0 Å². The molecule has 1 saturated heterocycles. The van der Waals surface area contributed by atoms with Gasteiger partial charge in [-0.3, -0.25) is 9.13 Å². The first-order chi connectivity index (χ1) is 9.69. The van der Waals surface area contributed by atoms with Gasteiger partial charge in [-0.1, -0.05) is 0 Å². The highest BCUT2D eigenvalue weighted by Gasteiger charge is 2.44. The lowest BCUT2D eigenvalue weighted by Crippen LogP contribution is -2.33. The molecule has 1 aromatic rings. The van der Waals surface area contributed by atoms with Crippen LogP contribution in [0, 0.1) is 0 Å². The summed E-state index contributed by atoms with van der Waals surface area (Å²) in [7, 11) is -4.46. The molecule has 0 amide bonds. The number of nitrogen functional groups attached to an aromatic ring is 1. The number of hydrogen-bond donors (Lipinski definition) is 4. The average Bonchev–Trinajstić information content (AvgIpc) is 2.64. The van der Waals surface area contributed by atoms with Crippen LogP contribution in [-0.4, -0.2) is 42.8 Å². The van der Waals surface area contributed by atoms with Gasteiger partial charge in [0.1, 0.15) is 18.0 Å². The normalized spacial score (nSPS) is 30.1. The number of aromatic nitrogens is 2. The van der Waals surface area contributed by atoms with Gasteiger partial charge in [0.05, 0.1) is 0 Å². The molecular formula is C10H13FN3O6P. The van der Waals surface area contributed by atoms with Crippen LogP contribution in [0.3, 0.4) is 0 Å². The number of alkyl halides is 1. The molecule has 0 radical (unpaired) electrons. The zero-order chi connectivity index (χ0) is 15.8. The highest BCUT2D eigenvalue weighted by Crippen LogP contribution is 2.38. The summed E-state index contributed by atoms with van der Waals surface area (Å²) in [5, 5.41) is 9.67. The first-order valence-electron chi connectivity index (χ1n) is 5.76. The van der Waals surface area contributed by atoms with E-state index in [1.54, 1.807) is 0 Å². The molecule has 0 bridgehead atoms. The summed E-state index contributed by atoms with van der Waals surface area (Å²) >= 11 is 0. The molecule has 4 atom stereocenters. The zero-order valence-corrected chi connectivity index (χ0v) is 11.4. The molecule has 116 valence electrons. The number of nitrogens with zero attached hydrogens (tertiary/aromatic N) is 2. The van der Waals surface area contributed by atoms with Gasteiger partial charge in [0, 0.05) is 12.0 Å². The Kier molecular flexibility index (Phi) is 4.26. The van der Waals surface area contributed by atoms with Crippen LogP contribution in [0.1, 0.15) is 6.23 Å². The molecule has 11 heteroatoms. The summed E-state index contributed by atoms with van der Waals surface area (Å²) in [4.78, 5) is 32.4. The number of rotatable bonds is 3. The summed E-state index contributed by atoms with van der Waals surface area (Å²) in [5.74, 6) is 0.447. The maximum atomic E-state index is 14.0. The fraction of sp³-hybridized carbons (Fsp3) is 0.400. The second-order valence-corrected chi connectivity index (χ2v) is 5.88. The minimum Gasteiger partial charge on any atom is -0.387 e. The van der Waals surface area contributed by atoms with E-state index in [-0.39, 0.29) is 5.82 Å². The van der Waals surface area contributed by atoms with Gasteiger partial charge in [-0.2, -0.15) is 4.98 Å². The third-order valence-electron chi connectivity index (χ3n) is 2.83. The SMILES string of the molecule is Nc1ccn([C@@H]2O[C@H](/C=C/P(=O)(O)O)[C@@H](O)[C@H]2F)c(=O)n1. The third kappa shape index (κ3) is 3.55. The Morgan fingerprint density at radius 2 is 2.19 bits per heavy atom. The molecule has 1 aliphatic heterocycles. The Morgan fingerprint density at radius 1 is 1.52 bits per heavy atom. The van der Waals surface area contributed by atoms with E-state index in [0.717, 1.165) is 16.8 Å². The molecule has 0 aliphatic carbocycles. The van der Waals surface area contributed by atoms with Crippen LogP contribution in [0.4, 0.5) is 10.2 Å². The minimum absolute atomic E-state index is 0.0526. The summed E-state index contributed by atoms with van der Waals surface area (Å²) in [5.41, 5.74) is 4.44. The van der Waals surface area contributed by atoms with Gasteiger partial charge in [0.2, 0.25) is 0 Å². The van der Waals surface area contributed by atoms with Gasteiger partial charge in [0.15, 0.2) is 12.4 Å². The van der Waals surface area contributed by atoms with Crippen LogP contribution in [0.15, 0.2) is 29.0 Å². The van der Waals surface area contributed by atoms with Gasteiger partial charge in [-0.05, 0) is 12.1 Å². The zero-order valence-electron chi connectivity index (χ0n) is 10.5. The third-order valence-corrected chi connectivity index (χ3v) is 3.39. The maximum absolute atomic E-state index is 14.0. The highest BCUT2D eigenvalue weighted by atomic mass is 31.2. The fourth-order valence-electron chi connectivity index (χ4n) is 1.86. The summed E-state index contributed by atoms with van der Waals surface area (Å²) in [6.45, 7) is 0.